The summed E-state index contributed by atoms with van der Waals surface area (Å²) in [7, 11) is 1.52. The number of alkyl halides is 1. The van der Waals surface area contributed by atoms with E-state index in [0.29, 0.717) is 44.3 Å². The lowest BCUT2D eigenvalue weighted by molar-refractivity contribution is -0.163. The molecule has 0 aromatic heterocycles. The molecule has 52 heavy (non-hydrogen) atoms. The van der Waals surface area contributed by atoms with Crippen LogP contribution >= 0.6 is 15.9 Å². The maximum absolute atomic E-state index is 14.9. The van der Waals surface area contributed by atoms with E-state index in [-0.39, 0.29) is 48.2 Å². The zero-order chi connectivity index (χ0) is 37.3. The number of benzene rings is 1. The highest BCUT2D eigenvalue weighted by atomic mass is 79.9. The molecule has 3 amide bonds. The van der Waals surface area contributed by atoms with Crippen molar-refractivity contribution >= 4 is 39.6 Å². The molecule has 1 unspecified atom stereocenters. The summed E-state index contributed by atoms with van der Waals surface area (Å²) in [4.78, 5) is 60.5. The molecule has 0 radical (unpaired) electrons. The molecular weight excluding hydrogens is 730 g/mol. The van der Waals surface area contributed by atoms with Gasteiger partial charge in [-0.15, -0.1) is 13.2 Å². The van der Waals surface area contributed by atoms with Crippen LogP contribution in [0.5, 0.6) is 0 Å². The molecule has 1 aliphatic carbocycles. The molecule has 2 N–H and O–H groups in total. The van der Waals surface area contributed by atoms with Gasteiger partial charge in [0, 0.05) is 44.1 Å². The molecule has 12 heteroatoms. The number of methoxy groups -OCH3 is 1. The van der Waals surface area contributed by atoms with Crippen molar-refractivity contribution in [2.75, 3.05) is 33.4 Å². The maximum Gasteiger partial charge on any atom is 0.313 e. The number of rotatable bonds is 20. The molecule has 1 spiro atoms. The highest BCUT2D eigenvalue weighted by Crippen LogP contribution is 2.60. The van der Waals surface area contributed by atoms with Gasteiger partial charge in [-0.3, -0.25) is 19.2 Å². The van der Waals surface area contributed by atoms with Crippen LogP contribution in [0.25, 0.3) is 0 Å². The molecule has 5 rings (SSSR count). The van der Waals surface area contributed by atoms with Crippen molar-refractivity contribution in [3.63, 3.8) is 0 Å². The third kappa shape index (κ3) is 8.50. The second-order valence-corrected chi connectivity index (χ2v) is 15.8. The standard InChI is InChI=1S/C40H56BrN3O8/c1-4-6-21-31(46)42-30(26-50-3)34(27-17-11-9-12-18-27)51-39(49)32-33-37(47)44(23-15-7-8-16-24-45)36(40(33)25-29(41)35(32)52-40)38(48)43(22-5-2)28-19-13-10-14-20-28/h4-5,9,11-12,17-18,28-30,32-36,45H,1-2,6-8,10,13-16,19-26H2,3H3,(H,42,46)/t29?,30-,32+,33-,34-,35+,36+,40-/m1/s1. The van der Waals surface area contributed by atoms with E-state index in [2.05, 4.69) is 34.4 Å². The van der Waals surface area contributed by atoms with Gasteiger partial charge in [0.2, 0.25) is 17.7 Å². The summed E-state index contributed by atoms with van der Waals surface area (Å²) in [5.74, 6) is -3.16. The Balaban J connectivity index is 1.48. The zero-order valence-electron chi connectivity index (χ0n) is 30.5. The van der Waals surface area contributed by atoms with Crippen molar-refractivity contribution in [3.05, 3.63) is 61.2 Å². The first-order chi connectivity index (χ1) is 25.2. The largest absolute Gasteiger partial charge is 0.455 e. The molecule has 1 saturated carbocycles. The van der Waals surface area contributed by atoms with E-state index in [1.54, 1.807) is 17.1 Å². The van der Waals surface area contributed by atoms with Gasteiger partial charge in [-0.1, -0.05) is 90.5 Å². The van der Waals surface area contributed by atoms with Gasteiger partial charge in [-0.2, -0.15) is 0 Å². The van der Waals surface area contributed by atoms with Crippen LogP contribution in [0.2, 0.25) is 0 Å². The van der Waals surface area contributed by atoms with E-state index < -0.39 is 47.7 Å². The molecule has 3 heterocycles. The van der Waals surface area contributed by atoms with E-state index in [4.69, 9.17) is 14.2 Å². The number of ether oxygens (including phenoxy) is 3. The molecule has 4 aliphatic rings. The average molecular weight is 787 g/mol. The van der Waals surface area contributed by atoms with Crippen molar-refractivity contribution in [3.8, 4) is 0 Å². The maximum atomic E-state index is 14.9. The second kappa shape index (κ2) is 18.8. The van der Waals surface area contributed by atoms with Gasteiger partial charge in [0.15, 0.2) is 0 Å². The molecule has 1 aromatic carbocycles. The molecule has 3 saturated heterocycles. The van der Waals surface area contributed by atoms with Gasteiger partial charge in [0.25, 0.3) is 0 Å². The molecule has 286 valence electrons. The van der Waals surface area contributed by atoms with E-state index in [0.717, 1.165) is 44.9 Å². The third-order valence-corrected chi connectivity index (χ3v) is 12.1. The van der Waals surface area contributed by atoms with Crippen molar-refractivity contribution in [2.24, 2.45) is 11.8 Å². The summed E-state index contributed by atoms with van der Waals surface area (Å²) in [6.45, 7) is 8.54. The van der Waals surface area contributed by atoms with Crippen molar-refractivity contribution in [2.45, 2.75) is 118 Å². The van der Waals surface area contributed by atoms with E-state index >= 15 is 0 Å². The topological polar surface area (TPSA) is 135 Å². The number of esters is 1. The number of nitrogens with zero attached hydrogens (tertiary/aromatic N) is 2. The van der Waals surface area contributed by atoms with E-state index in [1.807, 2.05) is 35.2 Å². The number of aliphatic hydroxyl groups excluding tert-OH is 1. The summed E-state index contributed by atoms with van der Waals surface area (Å²) < 4.78 is 18.7. The lowest BCUT2D eigenvalue weighted by Crippen LogP contribution is -2.58. The summed E-state index contributed by atoms with van der Waals surface area (Å²) in [5.41, 5.74) is -0.554. The van der Waals surface area contributed by atoms with Crippen molar-refractivity contribution in [1.82, 2.24) is 15.1 Å². The number of carbonyl (C=O) groups is 4. The molecule has 1 aromatic rings. The lowest BCUT2D eigenvalue weighted by atomic mass is 9.70. The molecule has 8 atom stereocenters. The predicted molar refractivity (Wildman–Crippen MR) is 200 cm³/mol. The second-order valence-electron chi connectivity index (χ2n) is 14.6. The first-order valence-electron chi connectivity index (χ1n) is 19.0. The molecule has 4 fully saturated rings. The fourth-order valence-corrected chi connectivity index (χ4v) is 9.84. The van der Waals surface area contributed by atoms with E-state index in [1.165, 1.54) is 7.11 Å². The number of hydrogen-bond acceptors (Lipinski definition) is 8. The summed E-state index contributed by atoms with van der Waals surface area (Å²) >= 11 is 3.79. The van der Waals surface area contributed by atoms with Crippen LogP contribution in [0.1, 0.15) is 88.7 Å². The minimum atomic E-state index is -1.22. The fraction of sp³-hybridized carbons (Fsp3) is 0.650. The van der Waals surface area contributed by atoms with Gasteiger partial charge in [-0.25, -0.2) is 0 Å². The molecular formula is C40H56BrN3O8. The highest BCUT2D eigenvalue weighted by molar-refractivity contribution is 9.09. The zero-order valence-corrected chi connectivity index (χ0v) is 32.1. The SMILES string of the molecule is C=CCCC(=O)N[C@H](COC)[C@H](OC(=O)[C@@H]1[C@H]2O[C@@]3(CC2Br)[C@H](C(=O)N(CC=C)C2CCCCC2)N(CCCCCCO)C(=O)[C@@H]13)c1ccccc1. The lowest BCUT2D eigenvalue weighted by Gasteiger charge is -2.41. The Bertz CT molecular complexity index is 1410. The molecule has 3 aliphatic heterocycles. The number of nitrogens with one attached hydrogen (secondary N) is 1. The van der Waals surface area contributed by atoms with Crippen LogP contribution in [0.15, 0.2) is 55.6 Å². The predicted octanol–water partition coefficient (Wildman–Crippen LogP) is 5.02. The van der Waals surface area contributed by atoms with Gasteiger partial charge in [0.05, 0.1) is 30.6 Å². The Morgan fingerprint density at radius 1 is 1.12 bits per heavy atom. The number of allylic oxidation sites excluding steroid dienone is 1. The number of likely N-dealkylation sites (tertiary alicyclic amines) is 1. The Labute approximate surface area is 316 Å². The van der Waals surface area contributed by atoms with Gasteiger partial charge >= 0.3 is 5.97 Å². The smallest absolute Gasteiger partial charge is 0.313 e. The summed E-state index contributed by atoms with van der Waals surface area (Å²) in [6, 6.07) is 7.61. The van der Waals surface area contributed by atoms with Crippen LogP contribution in [0.3, 0.4) is 0 Å². The van der Waals surface area contributed by atoms with Crippen LogP contribution in [-0.4, -0.2) is 107 Å². The van der Waals surface area contributed by atoms with Crippen LogP contribution < -0.4 is 5.32 Å². The number of aliphatic hydroxyl groups is 1. The first kappa shape index (κ1) is 40.1. The number of carbonyl (C=O) groups excluding carboxylic acids is 4. The van der Waals surface area contributed by atoms with E-state index in [9.17, 15) is 24.3 Å². The van der Waals surface area contributed by atoms with Gasteiger partial charge in [0.1, 0.15) is 17.7 Å². The number of hydrogen-bond donors (Lipinski definition) is 2. The van der Waals surface area contributed by atoms with Crippen LogP contribution in [0.4, 0.5) is 0 Å². The summed E-state index contributed by atoms with van der Waals surface area (Å²) in [6.07, 6.45) is 10.8. The van der Waals surface area contributed by atoms with Gasteiger partial charge in [-0.05, 0) is 44.1 Å². The number of unbranched alkanes of at least 4 members (excludes halogenated alkanes) is 3. The molecule has 2 bridgehead atoms. The number of amides is 3. The Morgan fingerprint density at radius 2 is 1.85 bits per heavy atom. The van der Waals surface area contributed by atoms with Crippen molar-refractivity contribution < 1.29 is 38.5 Å². The fourth-order valence-electron chi connectivity index (χ4n) is 8.90. The number of halogens is 1. The minimum Gasteiger partial charge on any atom is -0.455 e. The summed E-state index contributed by atoms with van der Waals surface area (Å²) in [5, 5.41) is 12.3. The molecule has 11 nitrogen and oxygen atoms in total. The average Bonchev–Trinajstić information content (AvgIpc) is 3.75. The van der Waals surface area contributed by atoms with Crippen LogP contribution in [-0.2, 0) is 33.4 Å². The van der Waals surface area contributed by atoms with Gasteiger partial charge < -0.3 is 34.4 Å². The monoisotopic (exact) mass is 785 g/mol. The Hall–Kier alpha value is -3.06. The quantitative estimate of drug-likeness (QED) is 0.0816. The number of fused-ring (bicyclic) bond motifs is 1. The highest BCUT2D eigenvalue weighted by Gasteiger charge is 2.77. The van der Waals surface area contributed by atoms with Crippen molar-refractivity contribution in [1.29, 1.82) is 0 Å². The Morgan fingerprint density at radius 3 is 2.52 bits per heavy atom. The minimum absolute atomic E-state index is 0.0429. The van der Waals surface area contributed by atoms with Crippen LogP contribution in [0, 0.1) is 11.8 Å². The first-order valence-corrected chi connectivity index (χ1v) is 19.9. The third-order valence-electron chi connectivity index (χ3n) is 11.2. The Kier molecular flexibility index (Phi) is 14.5. The normalized spacial score (nSPS) is 27.9.